The summed E-state index contributed by atoms with van der Waals surface area (Å²) in [6, 6.07) is 3.07. The second kappa shape index (κ2) is 6.49. The Kier molecular flexibility index (Phi) is 4.59. The number of nitrogens with one attached hydrogen (secondary N) is 1. The van der Waals surface area contributed by atoms with Gasteiger partial charge in [0.1, 0.15) is 0 Å². The summed E-state index contributed by atoms with van der Waals surface area (Å²) in [5, 5.41) is 9.30. The van der Waals surface area contributed by atoms with Crippen molar-refractivity contribution in [1.29, 1.82) is 0 Å². The number of hydrogen-bond acceptors (Lipinski definition) is 4. The topological polar surface area (TPSA) is 92.7 Å². The molecular weight excluding hydrogens is 318 g/mol. The number of carboxylic acids is 1. The van der Waals surface area contributed by atoms with Gasteiger partial charge in [0.2, 0.25) is 10.0 Å². The zero-order valence-electron chi connectivity index (χ0n) is 12.9. The molecule has 1 aromatic carbocycles. The van der Waals surface area contributed by atoms with Crippen LogP contribution in [0.15, 0.2) is 12.1 Å². The zero-order chi connectivity index (χ0) is 16.4. The molecule has 2 N–H and O–H groups in total. The van der Waals surface area contributed by atoms with Gasteiger partial charge >= 0.3 is 5.97 Å². The molecule has 0 spiro atoms. The summed E-state index contributed by atoms with van der Waals surface area (Å²) in [5.41, 5.74) is 2.39. The summed E-state index contributed by atoms with van der Waals surface area (Å²) in [7, 11) is -3.51. The fraction of sp³-hybridized carbons (Fsp3) is 0.562. The molecule has 1 heterocycles. The lowest BCUT2D eigenvalue weighted by molar-refractivity contribution is 0.0695. The maximum Gasteiger partial charge on any atom is 0.335 e. The molecule has 2 aliphatic rings. The molecule has 0 radical (unpaired) electrons. The van der Waals surface area contributed by atoms with Crippen molar-refractivity contribution in [3.8, 4) is 0 Å². The first-order valence-electron chi connectivity index (χ1n) is 7.96. The highest BCUT2D eigenvalue weighted by Crippen LogP contribution is 2.31. The number of ether oxygens (including phenoxy) is 1. The van der Waals surface area contributed by atoms with E-state index in [0.717, 1.165) is 36.8 Å². The molecular formula is C16H21NO5S. The first kappa shape index (κ1) is 16.3. The van der Waals surface area contributed by atoms with E-state index in [9.17, 15) is 18.3 Å². The van der Waals surface area contributed by atoms with Crippen LogP contribution < -0.4 is 4.72 Å². The van der Waals surface area contributed by atoms with Gasteiger partial charge in [-0.2, -0.15) is 0 Å². The number of anilines is 1. The number of fused-ring (bicyclic) bond motifs is 1. The highest BCUT2D eigenvalue weighted by atomic mass is 32.2. The first-order valence-corrected chi connectivity index (χ1v) is 9.61. The van der Waals surface area contributed by atoms with Gasteiger partial charge in [0.25, 0.3) is 0 Å². The summed E-state index contributed by atoms with van der Waals surface area (Å²) in [6.45, 7) is 0.614. The van der Waals surface area contributed by atoms with E-state index in [2.05, 4.69) is 4.72 Å². The summed E-state index contributed by atoms with van der Waals surface area (Å²) >= 11 is 0. The van der Waals surface area contributed by atoms with Gasteiger partial charge in [0.15, 0.2) is 0 Å². The highest BCUT2D eigenvalue weighted by molar-refractivity contribution is 7.92. The first-order chi connectivity index (χ1) is 11.0. The maximum atomic E-state index is 12.4. The lowest BCUT2D eigenvalue weighted by Gasteiger charge is -2.22. The molecule has 0 bridgehead atoms. The molecule has 6 nitrogen and oxygen atoms in total. The van der Waals surface area contributed by atoms with Crippen molar-refractivity contribution in [1.82, 2.24) is 0 Å². The Balaban J connectivity index is 1.86. The van der Waals surface area contributed by atoms with Gasteiger partial charge in [-0.15, -0.1) is 0 Å². The third kappa shape index (κ3) is 3.67. The van der Waals surface area contributed by atoms with Crippen molar-refractivity contribution in [2.75, 3.05) is 17.1 Å². The summed E-state index contributed by atoms with van der Waals surface area (Å²) < 4.78 is 32.7. The van der Waals surface area contributed by atoms with E-state index < -0.39 is 16.0 Å². The Hall–Kier alpha value is -1.60. The number of rotatable bonds is 5. The zero-order valence-corrected chi connectivity index (χ0v) is 13.7. The lowest BCUT2D eigenvalue weighted by atomic mass is 9.87. The van der Waals surface area contributed by atoms with Crippen molar-refractivity contribution in [2.24, 2.45) is 0 Å². The van der Waals surface area contributed by atoms with E-state index in [1.807, 2.05) is 0 Å². The Bertz CT molecular complexity index is 707. The molecule has 0 saturated carbocycles. The molecule has 1 atom stereocenters. The predicted molar refractivity (Wildman–Crippen MR) is 86.4 cm³/mol. The van der Waals surface area contributed by atoms with E-state index in [1.165, 1.54) is 6.07 Å². The fourth-order valence-electron chi connectivity index (χ4n) is 3.39. The third-order valence-electron chi connectivity index (χ3n) is 4.46. The van der Waals surface area contributed by atoms with Crippen LogP contribution in [0.2, 0.25) is 0 Å². The molecule has 1 aliphatic carbocycles. The van der Waals surface area contributed by atoms with Gasteiger partial charge in [-0.1, -0.05) is 0 Å². The van der Waals surface area contributed by atoms with Crippen molar-refractivity contribution < 1.29 is 23.1 Å². The molecule has 7 heteroatoms. The van der Waals surface area contributed by atoms with Gasteiger partial charge in [-0.05, 0) is 61.8 Å². The summed E-state index contributed by atoms with van der Waals surface area (Å²) in [4.78, 5) is 11.3. The molecule has 0 amide bonds. The predicted octanol–water partition coefficient (Wildman–Crippen LogP) is 2.18. The van der Waals surface area contributed by atoms with Crippen molar-refractivity contribution in [3.05, 3.63) is 28.8 Å². The largest absolute Gasteiger partial charge is 0.478 e. The minimum atomic E-state index is -3.51. The molecule has 1 saturated heterocycles. The van der Waals surface area contributed by atoms with Gasteiger partial charge < -0.3 is 9.84 Å². The van der Waals surface area contributed by atoms with Gasteiger partial charge in [-0.25, -0.2) is 13.2 Å². The highest BCUT2D eigenvalue weighted by Gasteiger charge is 2.26. The smallest absolute Gasteiger partial charge is 0.335 e. The van der Waals surface area contributed by atoms with Gasteiger partial charge in [0, 0.05) is 6.61 Å². The van der Waals surface area contributed by atoms with Crippen LogP contribution in [0.4, 0.5) is 5.69 Å². The van der Waals surface area contributed by atoms with Crippen LogP contribution in [-0.2, 0) is 27.6 Å². The van der Waals surface area contributed by atoms with Crippen LogP contribution >= 0.6 is 0 Å². The number of carbonyl (C=O) groups is 1. The average molecular weight is 339 g/mol. The van der Waals surface area contributed by atoms with Crippen LogP contribution in [0.5, 0.6) is 0 Å². The van der Waals surface area contributed by atoms with E-state index >= 15 is 0 Å². The fourth-order valence-corrected chi connectivity index (χ4v) is 4.76. The van der Waals surface area contributed by atoms with Crippen LogP contribution in [-0.4, -0.2) is 38.0 Å². The molecule has 126 valence electrons. The number of aromatic carboxylic acids is 1. The molecule has 1 fully saturated rings. The quantitative estimate of drug-likeness (QED) is 0.858. The standard InChI is InChI=1S/C16H21NO5S/c18-16(19)14-7-8-15(13-6-2-1-5-12(13)14)17-23(20,21)10-11-4-3-9-22-11/h7-8,11,17H,1-6,9-10H2,(H,18,19). The Labute approximate surface area is 135 Å². The molecule has 1 aromatic rings. The number of benzene rings is 1. The van der Waals surface area contributed by atoms with E-state index in [4.69, 9.17) is 4.74 Å². The van der Waals surface area contributed by atoms with E-state index in [-0.39, 0.29) is 17.4 Å². The number of hydrogen-bond donors (Lipinski definition) is 2. The van der Waals surface area contributed by atoms with Crippen LogP contribution in [0, 0.1) is 0 Å². The van der Waals surface area contributed by atoms with E-state index in [1.54, 1.807) is 6.07 Å². The monoisotopic (exact) mass is 339 g/mol. The molecule has 0 aromatic heterocycles. The molecule has 1 aliphatic heterocycles. The SMILES string of the molecule is O=C(O)c1ccc(NS(=O)(=O)CC2CCCO2)c2c1CCCC2. The average Bonchev–Trinajstić information content (AvgIpc) is 2.99. The van der Waals surface area contributed by atoms with Gasteiger partial charge in [-0.3, -0.25) is 4.72 Å². The van der Waals surface area contributed by atoms with Crippen LogP contribution in [0.3, 0.4) is 0 Å². The van der Waals surface area contributed by atoms with E-state index in [0.29, 0.717) is 25.1 Å². The lowest BCUT2D eigenvalue weighted by Crippen LogP contribution is -2.26. The van der Waals surface area contributed by atoms with Crippen molar-refractivity contribution >= 4 is 21.7 Å². The number of carboxylic acid groups (broad SMARTS) is 1. The van der Waals surface area contributed by atoms with Crippen LogP contribution in [0.1, 0.15) is 47.2 Å². The van der Waals surface area contributed by atoms with Crippen molar-refractivity contribution in [3.63, 3.8) is 0 Å². The maximum absolute atomic E-state index is 12.4. The Morgan fingerprint density at radius 3 is 2.61 bits per heavy atom. The number of sulfonamides is 1. The molecule has 3 rings (SSSR count). The minimum absolute atomic E-state index is 0.0531. The Morgan fingerprint density at radius 1 is 1.22 bits per heavy atom. The molecule has 23 heavy (non-hydrogen) atoms. The van der Waals surface area contributed by atoms with Gasteiger partial charge in [0.05, 0.1) is 23.1 Å². The van der Waals surface area contributed by atoms with Crippen LogP contribution in [0.25, 0.3) is 0 Å². The summed E-state index contributed by atoms with van der Waals surface area (Å²) in [6.07, 6.45) is 4.66. The molecule has 1 unspecified atom stereocenters. The Morgan fingerprint density at radius 2 is 1.96 bits per heavy atom. The van der Waals surface area contributed by atoms with Crippen molar-refractivity contribution in [2.45, 2.75) is 44.6 Å². The third-order valence-corrected chi connectivity index (χ3v) is 5.80. The normalized spacial score (nSPS) is 21.0. The second-order valence-electron chi connectivity index (χ2n) is 6.15. The summed E-state index contributed by atoms with van der Waals surface area (Å²) in [5.74, 6) is -1.01. The second-order valence-corrected chi connectivity index (χ2v) is 7.92. The minimum Gasteiger partial charge on any atom is -0.478 e.